The van der Waals surface area contributed by atoms with Crippen LogP contribution in [0.5, 0.6) is 0 Å². The van der Waals surface area contributed by atoms with Crippen LogP contribution in [0.4, 0.5) is 0 Å². The van der Waals surface area contributed by atoms with Crippen molar-refractivity contribution in [1.29, 1.82) is 0 Å². The van der Waals surface area contributed by atoms with Crippen molar-refractivity contribution in [2.24, 2.45) is 0 Å². The van der Waals surface area contributed by atoms with Crippen molar-refractivity contribution in [2.75, 3.05) is 13.2 Å². The summed E-state index contributed by atoms with van der Waals surface area (Å²) >= 11 is 0. The highest BCUT2D eigenvalue weighted by Gasteiger charge is 2.18. The minimum atomic E-state index is -0.314. The minimum absolute atomic E-state index is 0.158. The van der Waals surface area contributed by atoms with E-state index in [2.05, 4.69) is 9.97 Å². The van der Waals surface area contributed by atoms with Gasteiger partial charge in [-0.3, -0.25) is 19.6 Å². The van der Waals surface area contributed by atoms with Crippen LogP contribution in [0.2, 0.25) is 0 Å². The maximum Gasteiger partial charge on any atom is 0.307 e. The first-order valence-electron chi connectivity index (χ1n) is 7.44. The lowest BCUT2D eigenvalue weighted by Crippen LogP contribution is -2.33. The summed E-state index contributed by atoms with van der Waals surface area (Å²) in [5.41, 5.74) is 1.44. The van der Waals surface area contributed by atoms with Gasteiger partial charge in [-0.05, 0) is 36.8 Å². The Morgan fingerprint density at radius 1 is 1.13 bits per heavy atom. The molecule has 0 unspecified atom stereocenters. The standard InChI is InChI=1S/C17H19N3O3/c1-2-23-16(21)7-11-20(13-14-5-9-18-10-6-14)17(22)15-4-3-8-19-12-15/h3-6,8-10,12H,2,7,11,13H2,1H3. The molecule has 0 bridgehead atoms. The number of pyridine rings is 2. The Kier molecular flexibility index (Phi) is 6.23. The highest BCUT2D eigenvalue weighted by molar-refractivity contribution is 5.94. The van der Waals surface area contributed by atoms with Gasteiger partial charge < -0.3 is 9.64 Å². The van der Waals surface area contributed by atoms with E-state index >= 15 is 0 Å². The van der Waals surface area contributed by atoms with Crippen molar-refractivity contribution in [3.05, 3.63) is 60.2 Å². The first kappa shape index (κ1) is 16.6. The fourth-order valence-corrected chi connectivity index (χ4v) is 2.09. The largest absolute Gasteiger partial charge is 0.466 e. The molecular formula is C17H19N3O3. The van der Waals surface area contributed by atoms with E-state index in [4.69, 9.17) is 4.74 Å². The molecule has 6 heteroatoms. The van der Waals surface area contributed by atoms with E-state index in [9.17, 15) is 9.59 Å². The molecule has 6 nitrogen and oxygen atoms in total. The van der Waals surface area contributed by atoms with Gasteiger partial charge in [0.25, 0.3) is 5.91 Å². The van der Waals surface area contributed by atoms with E-state index in [1.807, 2.05) is 12.1 Å². The van der Waals surface area contributed by atoms with Crippen LogP contribution in [0.3, 0.4) is 0 Å². The molecule has 0 aliphatic rings. The maximum atomic E-state index is 12.6. The molecule has 0 saturated carbocycles. The molecule has 0 aromatic carbocycles. The first-order chi connectivity index (χ1) is 11.2. The van der Waals surface area contributed by atoms with Gasteiger partial charge in [0, 0.05) is 37.9 Å². The van der Waals surface area contributed by atoms with Crippen molar-refractivity contribution in [3.8, 4) is 0 Å². The summed E-state index contributed by atoms with van der Waals surface area (Å²) in [6, 6.07) is 7.10. The zero-order valence-corrected chi connectivity index (χ0v) is 13.0. The molecule has 0 atom stereocenters. The number of esters is 1. The summed E-state index contributed by atoms with van der Waals surface area (Å²) in [6.45, 7) is 2.78. The third-order valence-corrected chi connectivity index (χ3v) is 3.21. The zero-order valence-electron chi connectivity index (χ0n) is 13.0. The quantitative estimate of drug-likeness (QED) is 0.732. The average Bonchev–Trinajstić information content (AvgIpc) is 2.60. The molecule has 0 aliphatic heterocycles. The number of aromatic nitrogens is 2. The van der Waals surface area contributed by atoms with Gasteiger partial charge in [-0.2, -0.15) is 0 Å². The molecule has 120 valence electrons. The fourth-order valence-electron chi connectivity index (χ4n) is 2.09. The van der Waals surface area contributed by atoms with Crippen LogP contribution in [0.25, 0.3) is 0 Å². The topological polar surface area (TPSA) is 72.4 Å². The monoisotopic (exact) mass is 313 g/mol. The molecule has 23 heavy (non-hydrogen) atoms. The normalized spacial score (nSPS) is 10.1. The lowest BCUT2D eigenvalue weighted by Gasteiger charge is -2.22. The van der Waals surface area contributed by atoms with Crippen molar-refractivity contribution in [1.82, 2.24) is 14.9 Å². The molecule has 0 aliphatic carbocycles. The van der Waals surface area contributed by atoms with Crippen molar-refractivity contribution in [2.45, 2.75) is 19.9 Å². The van der Waals surface area contributed by atoms with Crippen LogP contribution >= 0.6 is 0 Å². The summed E-state index contributed by atoms with van der Waals surface area (Å²) in [5.74, 6) is -0.481. The van der Waals surface area contributed by atoms with E-state index in [0.29, 0.717) is 18.7 Å². The van der Waals surface area contributed by atoms with Gasteiger partial charge in [-0.15, -0.1) is 0 Å². The predicted octanol–water partition coefficient (Wildman–Crippen LogP) is 2.07. The number of amides is 1. The number of nitrogens with zero attached hydrogens (tertiary/aromatic N) is 3. The third-order valence-electron chi connectivity index (χ3n) is 3.21. The van der Waals surface area contributed by atoms with Crippen molar-refractivity contribution in [3.63, 3.8) is 0 Å². The Bertz CT molecular complexity index is 632. The van der Waals surface area contributed by atoms with Gasteiger partial charge in [0.2, 0.25) is 0 Å². The van der Waals surface area contributed by atoms with E-state index in [-0.39, 0.29) is 24.8 Å². The van der Waals surface area contributed by atoms with E-state index in [1.165, 1.54) is 6.20 Å². The lowest BCUT2D eigenvalue weighted by atomic mass is 10.2. The predicted molar refractivity (Wildman–Crippen MR) is 84.5 cm³/mol. The van der Waals surface area contributed by atoms with Gasteiger partial charge in [-0.1, -0.05) is 0 Å². The van der Waals surface area contributed by atoms with E-state index in [1.54, 1.807) is 42.5 Å². The minimum Gasteiger partial charge on any atom is -0.466 e. The summed E-state index contributed by atoms with van der Waals surface area (Å²) in [4.78, 5) is 33.8. The summed E-state index contributed by atoms with van der Waals surface area (Å²) in [5, 5.41) is 0. The van der Waals surface area contributed by atoms with Gasteiger partial charge in [-0.25, -0.2) is 0 Å². The Labute approximate surface area is 135 Å². The molecule has 1 amide bonds. The van der Waals surface area contributed by atoms with E-state index < -0.39 is 0 Å². The number of ether oxygens (including phenoxy) is 1. The van der Waals surface area contributed by atoms with Gasteiger partial charge in [0.1, 0.15) is 0 Å². The number of carbonyl (C=O) groups excluding carboxylic acids is 2. The lowest BCUT2D eigenvalue weighted by molar-refractivity contribution is -0.143. The molecule has 2 heterocycles. The highest BCUT2D eigenvalue weighted by Crippen LogP contribution is 2.10. The van der Waals surface area contributed by atoms with Crippen LogP contribution < -0.4 is 0 Å². The van der Waals surface area contributed by atoms with Crippen LogP contribution in [-0.2, 0) is 16.1 Å². The summed E-state index contributed by atoms with van der Waals surface area (Å²) in [7, 11) is 0. The van der Waals surface area contributed by atoms with Crippen LogP contribution in [0, 0.1) is 0 Å². The number of rotatable bonds is 7. The Morgan fingerprint density at radius 3 is 2.57 bits per heavy atom. The molecule has 2 aromatic heterocycles. The molecular weight excluding hydrogens is 294 g/mol. The van der Waals surface area contributed by atoms with Gasteiger partial charge in [0.05, 0.1) is 18.6 Å². The molecule has 0 spiro atoms. The molecule has 2 aromatic rings. The fraction of sp³-hybridized carbons (Fsp3) is 0.294. The Balaban J connectivity index is 2.10. The smallest absolute Gasteiger partial charge is 0.307 e. The first-order valence-corrected chi connectivity index (χ1v) is 7.44. The Hall–Kier alpha value is -2.76. The molecule has 2 rings (SSSR count). The van der Waals surface area contributed by atoms with E-state index in [0.717, 1.165) is 5.56 Å². The Morgan fingerprint density at radius 2 is 1.91 bits per heavy atom. The second kappa shape index (κ2) is 8.63. The summed E-state index contributed by atoms with van der Waals surface area (Å²) in [6.07, 6.45) is 6.64. The number of carbonyl (C=O) groups is 2. The van der Waals surface area contributed by atoms with Crippen molar-refractivity contribution < 1.29 is 14.3 Å². The molecule has 0 radical (unpaired) electrons. The van der Waals surface area contributed by atoms with Gasteiger partial charge >= 0.3 is 5.97 Å². The molecule has 0 saturated heterocycles. The van der Waals surface area contributed by atoms with Gasteiger partial charge in [0.15, 0.2) is 0 Å². The third kappa shape index (κ3) is 5.18. The second-order valence-corrected chi connectivity index (χ2v) is 4.88. The van der Waals surface area contributed by atoms with Crippen LogP contribution in [0.15, 0.2) is 49.1 Å². The molecule has 0 N–H and O–H groups in total. The average molecular weight is 313 g/mol. The summed E-state index contributed by atoms with van der Waals surface area (Å²) < 4.78 is 4.93. The zero-order chi connectivity index (χ0) is 16.5. The molecule has 0 fully saturated rings. The second-order valence-electron chi connectivity index (χ2n) is 4.88. The highest BCUT2D eigenvalue weighted by atomic mass is 16.5. The van der Waals surface area contributed by atoms with Crippen molar-refractivity contribution >= 4 is 11.9 Å². The van der Waals surface area contributed by atoms with Crippen LogP contribution in [-0.4, -0.2) is 39.9 Å². The maximum absolute atomic E-state index is 12.6. The SMILES string of the molecule is CCOC(=O)CCN(Cc1ccncc1)C(=O)c1cccnc1. The number of hydrogen-bond donors (Lipinski definition) is 0. The number of hydrogen-bond acceptors (Lipinski definition) is 5. The van der Waals surface area contributed by atoms with Crippen LogP contribution in [0.1, 0.15) is 29.3 Å².